The Kier molecular flexibility index (Phi) is 8.23. The Balaban J connectivity index is 2.08. The number of amides is 1. The molecule has 18 heavy (non-hydrogen) atoms. The normalized spacial score (nSPS) is 17.6. The lowest BCUT2D eigenvalue weighted by Crippen LogP contribution is -2.31. The lowest BCUT2D eigenvalue weighted by atomic mass is 10.0. The van der Waals surface area contributed by atoms with Gasteiger partial charge in [0.2, 0.25) is 5.91 Å². The third kappa shape index (κ3) is 7.28. The monoisotopic (exact) mass is 251 g/mol. The Morgan fingerprint density at radius 1 is 1.33 bits per heavy atom. The fourth-order valence-electron chi connectivity index (χ4n) is 1.89. The number of ether oxygens (including phenoxy) is 1. The molecule has 0 spiro atoms. The van der Waals surface area contributed by atoms with Gasteiger partial charge >= 0.3 is 0 Å². The number of nitrogens with one attached hydrogen (secondary N) is 1. The standard InChI is InChI=1S/C15H25NO2/c1-2-3-4-5-6-7-8-15(17)16-13-14-9-11-18-12-10-14/h5-8,14H,2-4,9-13H2,1H3,(H,16,17)/b6-5+,8-7+. The SMILES string of the molecule is CCCC/C=C/C=C/C(=O)NCC1CCOCC1. The van der Waals surface area contributed by atoms with Crippen LogP contribution < -0.4 is 5.32 Å². The number of rotatable bonds is 7. The van der Waals surface area contributed by atoms with Gasteiger partial charge in [0.15, 0.2) is 0 Å². The van der Waals surface area contributed by atoms with Crippen molar-refractivity contribution in [3.63, 3.8) is 0 Å². The molecule has 3 nitrogen and oxygen atoms in total. The number of hydrogen-bond donors (Lipinski definition) is 1. The highest BCUT2D eigenvalue weighted by atomic mass is 16.5. The second kappa shape index (κ2) is 9.89. The topological polar surface area (TPSA) is 38.3 Å². The number of carbonyl (C=O) groups excluding carboxylic acids is 1. The van der Waals surface area contributed by atoms with E-state index in [1.165, 1.54) is 12.8 Å². The fourth-order valence-corrected chi connectivity index (χ4v) is 1.89. The summed E-state index contributed by atoms with van der Waals surface area (Å²) in [5.74, 6) is 0.581. The van der Waals surface area contributed by atoms with Crippen molar-refractivity contribution in [2.24, 2.45) is 5.92 Å². The first-order valence-corrected chi connectivity index (χ1v) is 7.01. The van der Waals surface area contributed by atoms with Gasteiger partial charge in [-0.05, 0) is 25.2 Å². The molecule has 0 aliphatic carbocycles. The largest absolute Gasteiger partial charge is 0.381 e. The third-order valence-electron chi connectivity index (χ3n) is 3.12. The molecule has 1 aliphatic rings. The van der Waals surface area contributed by atoms with Crippen molar-refractivity contribution in [1.82, 2.24) is 5.32 Å². The third-order valence-corrected chi connectivity index (χ3v) is 3.12. The van der Waals surface area contributed by atoms with E-state index in [9.17, 15) is 4.79 Å². The molecule has 1 aliphatic heterocycles. The van der Waals surface area contributed by atoms with Crippen LogP contribution in [0.3, 0.4) is 0 Å². The zero-order valence-corrected chi connectivity index (χ0v) is 11.4. The van der Waals surface area contributed by atoms with E-state index in [0.29, 0.717) is 5.92 Å². The maximum absolute atomic E-state index is 11.5. The summed E-state index contributed by atoms with van der Waals surface area (Å²) in [5, 5.41) is 2.94. The summed E-state index contributed by atoms with van der Waals surface area (Å²) in [4.78, 5) is 11.5. The van der Waals surface area contributed by atoms with Gasteiger partial charge in [0.05, 0.1) is 0 Å². The van der Waals surface area contributed by atoms with E-state index < -0.39 is 0 Å². The van der Waals surface area contributed by atoms with Crippen molar-refractivity contribution in [1.29, 1.82) is 0 Å². The molecule has 1 fully saturated rings. The van der Waals surface area contributed by atoms with Crippen molar-refractivity contribution in [2.75, 3.05) is 19.8 Å². The van der Waals surface area contributed by atoms with Crippen molar-refractivity contribution < 1.29 is 9.53 Å². The highest BCUT2D eigenvalue weighted by Crippen LogP contribution is 2.12. The predicted octanol–water partition coefficient (Wildman–Crippen LogP) is 2.83. The van der Waals surface area contributed by atoms with Gasteiger partial charge in [-0.2, -0.15) is 0 Å². The molecule has 0 unspecified atom stereocenters. The maximum atomic E-state index is 11.5. The molecule has 1 rings (SSSR count). The van der Waals surface area contributed by atoms with Gasteiger partial charge in [-0.15, -0.1) is 0 Å². The van der Waals surface area contributed by atoms with Crippen LogP contribution >= 0.6 is 0 Å². The predicted molar refractivity (Wildman–Crippen MR) is 74.4 cm³/mol. The molecular formula is C15H25NO2. The first-order chi connectivity index (χ1) is 8.83. The quantitative estimate of drug-likeness (QED) is 0.429. The van der Waals surface area contributed by atoms with Crippen LogP contribution in [0.15, 0.2) is 24.3 Å². The molecule has 0 atom stereocenters. The smallest absolute Gasteiger partial charge is 0.243 e. The summed E-state index contributed by atoms with van der Waals surface area (Å²) < 4.78 is 5.28. The Morgan fingerprint density at radius 2 is 2.11 bits per heavy atom. The van der Waals surface area contributed by atoms with Crippen LogP contribution in [0.5, 0.6) is 0 Å². The van der Waals surface area contributed by atoms with E-state index in [-0.39, 0.29) is 5.91 Å². The van der Waals surface area contributed by atoms with Gasteiger partial charge in [-0.1, -0.05) is 38.0 Å². The van der Waals surface area contributed by atoms with Gasteiger partial charge in [-0.3, -0.25) is 4.79 Å². The van der Waals surface area contributed by atoms with Gasteiger partial charge in [0.1, 0.15) is 0 Å². The first kappa shape index (κ1) is 15.0. The van der Waals surface area contributed by atoms with E-state index in [1.54, 1.807) is 6.08 Å². The zero-order valence-electron chi connectivity index (χ0n) is 11.4. The maximum Gasteiger partial charge on any atom is 0.243 e. The summed E-state index contributed by atoms with van der Waals surface area (Å²) in [6, 6.07) is 0. The molecule has 0 saturated carbocycles. The number of unbranched alkanes of at least 4 members (excludes halogenated alkanes) is 2. The molecule has 0 radical (unpaired) electrons. The number of allylic oxidation sites excluding steroid dienone is 3. The van der Waals surface area contributed by atoms with Crippen LogP contribution in [-0.4, -0.2) is 25.7 Å². The van der Waals surface area contributed by atoms with Crippen molar-refractivity contribution in [2.45, 2.75) is 39.0 Å². The lowest BCUT2D eigenvalue weighted by Gasteiger charge is -2.21. The Morgan fingerprint density at radius 3 is 2.83 bits per heavy atom. The molecular weight excluding hydrogens is 226 g/mol. The Bertz CT molecular complexity index is 278. The number of hydrogen-bond acceptors (Lipinski definition) is 2. The van der Waals surface area contributed by atoms with Crippen LogP contribution in [-0.2, 0) is 9.53 Å². The van der Waals surface area contributed by atoms with Crippen molar-refractivity contribution >= 4 is 5.91 Å². The molecule has 1 heterocycles. The molecule has 0 bridgehead atoms. The summed E-state index contributed by atoms with van der Waals surface area (Å²) >= 11 is 0. The molecule has 1 amide bonds. The van der Waals surface area contributed by atoms with E-state index in [1.807, 2.05) is 12.2 Å². The Labute approximate surface area is 110 Å². The highest BCUT2D eigenvalue weighted by Gasteiger charge is 2.13. The van der Waals surface area contributed by atoms with Gasteiger partial charge < -0.3 is 10.1 Å². The van der Waals surface area contributed by atoms with Crippen LogP contribution in [0.2, 0.25) is 0 Å². The molecule has 102 valence electrons. The van der Waals surface area contributed by atoms with Crippen LogP contribution in [0.4, 0.5) is 0 Å². The average Bonchev–Trinajstić information content (AvgIpc) is 2.41. The molecule has 0 aromatic rings. The second-order valence-corrected chi connectivity index (χ2v) is 4.73. The van der Waals surface area contributed by atoms with Crippen LogP contribution in [0, 0.1) is 5.92 Å². The molecule has 1 saturated heterocycles. The van der Waals surface area contributed by atoms with Crippen LogP contribution in [0.1, 0.15) is 39.0 Å². The fraction of sp³-hybridized carbons (Fsp3) is 0.667. The molecule has 3 heteroatoms. The summed E-state index contributed by atoms with van der Waals surface area (Å²) in [6.07, 6.45) is 13.1. The van der Waals surface area contributed by atoms with E-state index in [2.05, 4.69) is 18.3 Å². The zero-order chi connectivity index (χ0) is 13.1. The van der Waals surface area contributed by atoms with Gasteiger partial charge in [-0.25, -0.2) is 0 Å². The molecule has 0 aromatic heterocycles. The van der Waals surface area contributed by atoms with E-state index >= 15 is 0 Å². The highest BCUT2D eigenvalue weighted by molar-refractivity contribution is 5.87. The summed E-state index contributed by atoms with van der Waals surface area (Å²) in [6.45, 7) is 4.60. The van der Waals surface area contributed by atoms with Gasteiger partial charge in [0, 0.05) is 25.8 Å². The minimum absolute atomic E-state index is 0.00151. The minimum atomic E-state index is 0.00151. The van der Waals surface area contributed by atoms with E-state index in [0.717, 1.165) is 39.0 Å². The van der Waals surface area contributed by atoms with Crippen LogP contribution in [0.25, 0.3) is 0 Å². The average molecular weight is 251 g/mol. The minimum Gasteiger partial charge on any atom is -0.381 e. The van der Waals surface area contributed by atoms with E-state index in [4.69, 9.17) is 4.74 Å². The molecule has 0 aromatic carbocycles. The Hall–Kier alpha value is -1.09. The summed E-state index contributed by atoms with van der Waals surface area (Å²) in [5.41, 5.74) is 0. The van der Waals surface area contributed by atoms with Crippen molar-refractivity contribution in [3.8, 4) is 0 Å². The summed E-state index contributed by atoms with van der Waals surface area (Å²) in [7, 11) is 0. The van der Waals surface area contributed by atoms with Gasteiger partial charge in [0.25, 0.3) is 0 Å². The second-order valence-electron chi connectivity index (χ2n) is 4.73. The van der Waals surface area contributed by atoms with Crippen molar-refractivity contribution in [3.05, 3.63) is 24.3 Å². The lowest BCUT2D eigenvalue weighted by molar-refractivity contribution is -0.116. The number of carbonyl (C=O) groups is 1. The molecule has 1 N–H and O–H groups in total. The first-order valence-electron chi connectivity index (χ1n) is 7.01.